The number of ether oxygens (including phenoxy) is 1. The lowest BCUT2D eigenvalue weighted by atomic mass is 9.97. The summed E-state index contributed by atoms with van der Waals surface area (Å²) in [6.45, 7) is 5.29. The van der Waals surface area contributed by atoms with E-state index in [1.165, 1.54) is 7.11 Å². The van der Waals surface area contributed by atoms with Crippen LogP contribution in [-0.4, -0.2) is 18.9 Å². The predicted molar refractivity (Wildman–Crippen MR) is 65.5 cm³/mol. The summed E-state index contributed by atoms with van der Waals surface area (Å²) in [5.41, 5.74) is 7.65. The van der Waals surface area contributed by atoms with Gasteiger partial charge in [0.15, 0.2) is 5.78 Å². The van der Waals surface area contributed by atoms with Gasteiger partial charge in [0, 0.05) is 5.02 Å². The molecular weight excluding hydrogens is 226 g/mol. The zero-order chi connectivity index (χ0) is 12.5. The van der Waals surface area contributed by atoms with Gasteiger partial charge in [-0.25, -0.2) is 0 Å². The molecule has 0 bridgehead atoms. The third kappa shape index (κ3) is 2.20. The quantitative estimate of drug-likeness (QED) is 0.828. The molecule has 0 aliphatic heterocycles. The molecule has 0 aliphatic rings. The number of hydrogen-bond acceptors (Lipinski definition) is 3. The minimum absolute atomic E-state index is 0.153. The van der Waals surface area contributed by atoms with Gasteiger partial charge in [-0.05, 0) is 38.0 Å². The monoisotopic (exact) mass is 241 g/mol. The highest BCUT2D eigenvalue weighted by molar-refractivity contribution is 6.32. The molecular formula is C12H16ClNO2. The van der Waals surface area contributed by atoms with Crippen molar-refractivity contribution in [3.05, 3.63) is 27.8 Å². The smallest absolute Gasteiger partial charge is 0.183 e. The van der Waals surface area contributed by atoms with E-state index in [0.29, 0.717) is 21.9 Å². The van der Waals surface area contributed by atoms with Gasteiger partial charge in [0.05, 0.1) is 18.7 Å². The van der Waals surface area contributed by atoms with E-state index in [0.717, 1.165) is 5.56 Å². The Balaban J connectivity index is 3.51. The van der Waals surface area contributed by atoms with Crippen molar-refractivity contribution in [3.8, 4) is 5.75 Å². The van der Waals surface area contributed by atoms with Crippen LogP contribution in [0.25, 0.3) is 0 Å². The van der Waals surface area contributed by atoms with Crippen LogP contribution in [0.4, 0.5) is 0 Å². The van der Waals surface area contributed by atoms with Gasteiger partial charge in [-0.15, -0.1) is 0 Å². The van der Waals surface area contributed by atoms with Crippen molar-refractivity contribution < 1.29 is 9.53 Å². The van der Waals surface area contributed by atoms with Gasteiger partial charge in [-0.2, -0.15) is 0 Å². The van der Waals surface area contributed by atoms with Crippen LogP contribution in [0.5, 0.6) is 5.75 Å². The summed E-state index contributed by atoms with van der Waals surface area (Å²) < 4.78 is 5.25. The van der Waals surface area contributed by atoms with Crippen molar-refractivity contribution in [2.45, 2.75) is 26.8 Å². The second kappa shape index (κ2) is 4.85. The van der Waals surface area contributed by atoms with Crippen LogP contribution in [-0.2, 0) is 0 Å². The first kappa shape index (κ1) is 13.0. The first-order valence-corrected chi connectivity index (χ1v) is 5.41. The fourth-order valence-corrected chi connectivity index (χ4v) is 1.90. The van der Waals surface area contributed by atoms with Crippen molar-refractivity contribution in [2.24, 2.45) is 5.73 Å². The molecule has 0 aromatic heterocycles. The fraction of sp³-hybridized carbons (Fsp3) is 0.417. The number of halogens is 1. The molecule has 0 saturated carbocycles. The first-order valence-electron chi connectivity index (χ1n) is 5.03. The summed E-state index contributed by atoms with van der Waals surface area (Å²) in [5.74, 6) is 0.407. The zero-order valence-corrected chi connectivity index (χ0v) is 10.7. The molecule has 2 N–H and O–H groups in total. The maximum absolute atomic E-state index is 12.0. The Labute approximate surface area is 101 Å². The van der Waals surface area contributed by atoms with Crippen LogP contribution in [0.3, 0.4) is 0 Å². The number of ketones is 1. The summed E-state index contributed by atoms with van der Waals surface area (Å²) in [6.07, 6.45) is 0. The molecule has 0 heterocycles. The number of benzene rings is 1. The van der Waals surface area contributed by atoms with E-state index in [9.17, 15) is 4.79 Å². The molecule has 0 radical (unpaired) electrons. The third-order valence-corrected chi connectivity index (χ3v) is 2.92. The van der Waals surface area contributed by atoms with Gasteiger partial charge in [0.25, 0.3) is 0 Å². The summed E-state index contributed by atoms with van der Waals surface area (Å²) >= 11 is 6.05. The number of rotatable bonds is 3. The maximum Gasteiger partial charge on any atom is 0.183 e. The molecule has 4 heteroatoms. The Hall–Kier alpha value is -1.06. The summed E-state index contributed by atoms with van der Waals surface area (Å²) in [7, 11) is 1.54. The van der Waals surface area contributed by atoms with Crippen molar-refractivity contribution in [3.63, 3.8) is 0 Å². The van der Waals surface area contributed by atoms with E-state index < -0.39 is 6.04 Å². The topological polar surface area (TPSA) is 52.3 Å². The molecule has 16 heavy (non-hydrogen) atoms. The molecule has 0 aliphatic carbocycles. The van der Waals surface area contributed by atoms with Crippen LogP contribution in [0.2, 0.25) is 5.02 Å². The lowest BCUT2D eigenvalue weighted by molar-refractivity contribution is 0.0964. The molecule has 0 spiro atoms. The molecule has 0 amide bonds. The number of hydrogen-bond donors (Lipinski definition) is 1. The zero-order valence-electron chi connectivity index (χ0n) is 9.93. The Bertz CT molecular complexity index is 428. The van der Waals surface area contributed by atoms with Gasteiger partial charge < -0.3 is 10.5 Å². The van der Waals surface area contributed by atoms with Gasteiger partial charge in [0.1, 0.15) is 5.75 Å². The number of carbonyl (C=O) groups is 1. The van der Waals surface area contributed by atoms with E-state index >= 15 is 0 Å². The van der Waals surface area contributed by atoms with Gasteiger partial charge in [-0.1, -0.05) is 11.6 Å². The normalized spacial score (nSPS) is 12.4. The van der Waals surface area contributed by atoms with Crippen LogP contribution >= 0.6 is 11.6 Å². The minimum Gasteiger partial charge on any atom is -0.496 e. The highest BCUT2D eigenvalue weighted by atomic mass is 35.5. The molecule has 0 fully saturated rings. The van der Waals surface area contributed by atoms with Crippen LogP contribution in [0.15, 0.2) is 6.07 Å². The molecule has 1 rings (SSSR count). The standard InChI is InChI=1S/C12H16ClNO2/c1-6-5-9(13)7(2)10(12(6)16-4)11(15)8(3)14/h5,8H,14H2,1-4H3. The molecule has 3 nitrogen and oxygen atoms in total. The fourth-order valence-electron chi connectivity index (χ4n) is 1.64. The Morgan fingerprint density at radius 2 is 2.06 bits per heavy atom. The lowest BCUT2D eigenvalue weighted by Gasteiger charge is -2.16. The number of nitrogens with two attached hydrogens (primary N) is 1. The van der Waals surface area contributed by atoms with Crippen molar-refractivity contribution in [2.75, 3.05) is 7.11 Å². The highest BCUT2D eigenvalue weighted by Crippen LogP contribution is 2.32. The predicted octanol–water partition coefficient (Wildman–Crippen LogP) is 2.50. The van der Waals surface area contributed by atoms with Crippen molar-refractivity contribution >= 4 is 17.4 Å². The number of aryl methyl sites for hydroxylation is 1. The number of carbonyl (C=O) groups excluding carboxylic acids is 1. The van der Waals surface area contributed by atoms with E-state index in [2.05, 4.69) is 0 Å². The Morgan fingerprint density at radius 1 is 1.50 bits per heavy atom. The Morgan fingerprint density at radius 3 is 2.50 bits per heavy atom. The van der Waals surface area contributed by atoms with Gasteiger partial charge in [0.2, 0.25) is 0 Å². The number of Topliss-reactive ketones (excluding diaryl/α,β-unsaturated/α-hetero) is 1. The van der Waals surface area contributed by atoms with Gasteiger partial charge in [-0.3, -0.25) is 4.79 Å². The summed E-state index contributed by atoms with van der Waals surface area (Å²) in [4.78, 5) is 12.0. The van der Waals surface area contributed by atoms with E-state index in [4.69, 9.17) is 22.1 Å². The Kier molecular flexibility index (Phi) is 3.94. The summed E-state index contributed by atoms with van der Waals surface area (Å²) in [5, 5.41) is 0.558. The molecule has 1 unspecified atom stereocenters. The molecule has 1 atom stereocenters. The largest absolute Gasteiger partial charge is 0.496 e. The number of methoxy groups -OCH3 is 1. The third-order valence-electron chi connectivity index (χ3n) is 2.53. The van der Waals surface area contributed by atoms with Crippen molar-refractivity contribution in [1.29, 1.82) is 0 Å². The average molecular weight is 242 g/mol. The summed E-state index contributed by atoms with van der Waals surface area (Å²) in [6, 6.07) is 1.22. The van der Waals surface area contributed by atoms with Gasteiger partial charge >= 0.3 is 0 Å². The van der Waals surface area contributed by atoms with Crippen molar-refractivity contribution in [1.82, 2.24) is 0 Å². The van der Waals surface area contributed by atoms with Crippen LogP contribution in [0.1, 0.15) is 28.4 Å². The molecule has 88 valence electrons. The molecule has 0 saturated heterocycles. The van der Waals surface area contributed by atoms with E-state index in [1.54, 1.807) is 19.9 Å². The average Bonchev–Trinajstić information content (AvgIpc) is 2.21. The van der Waals surface area contributed by atoms with Crippen LogP contribution < -0.4 is 10.5 Å². The maximum atomic E-state index is 12.0. The molecule has 1 aromatic carbocycles. The van der Waals surface area contributed by atoms with E-state index in [1.807, 2.05) is 6.92 Å². The van der Waals surface area contributed by atoms with Crippen LogP contribution in [0, 0.1) is 13.8 Å². The molecule has 1 aromatic rings. The SMILES string of the molecule is COc1c(C)cc(Cl)c(C)c1C(=O)C(C)N. The lowest BCUT2D eigenvalue weighted by Crippen LogP contribution is -2.28. The minimum atomic E-state index is -0.564. The van der Waals surface area contributed by atoms with E-state index in [-0.39, 0.29) is 5.78 Å². The second-order valence-electron chi connectivity index (χ2n) is 3.86. The second-order valence-corrected chi connectivity index (χ2v) is 4.27. The highest BCUT2D eigenvalue weighted by Gasteiger charge is 2.22. The first-order chi connectivity index (χ1) is 7.40.